The molecule has 4 heteroatoms. The summed E-state index contributed by atoms with van der Waals surface area (Å²) in [4.78, 5) is 10.8. The highest BCUT2D eigenvalue weighted by atomic mass is 35.5. The minimum absolute atomic E-state index is 0.180. The summed E-state index contributed by atoms with van der Waals surface area (Å²) in [6, 6.07) is 4.61. The van der Waals surface area contributed by atoms with Crippen LogP contribution in [0.2, 0.25) is 5.02 Å². The van der Waals surface area contributed by atoms with Crippen molar-refractivity contribution in [1.82, 2.24) is 0 Å². The summed E-state index contributed by atoms with van der Waals surface area (Å²) in [5.74, 6) is 0.993. The van der Waals surface area contributed by atoms with Gasteiger partial charge in [0, 0.05) is 0 Å². The molecule has 0 radical (unpaired) electrons. The van der Waals surface area contributed by atoms with E-state index in [1.807, 2.05) is 0 Å². The first-order chi connectivity index (χ1) is 8.97. The molecule has 19 heavy (non-hydrogen) atoms. The number of hydrogen-bond acceptors (Lipinski definition) is 2. The quantitative estimate of drug-likeness (QED) is 0.902. The second kappa shape index (κ2) is 5.83. The molecule has 3 atom stereocenters. The van der Waals surface area contributed by atoms with Crippen LogP contribution in [0.15, 0.2) is 18.2 Å². The molecular weight excluding hydrogens is 264 g/mol. The first-order valence-electron chi connectivity index (χ1n) is 6.67. The zero-order valence-electron chi connectivity index (χ0n) is 11.2. The molecule has 0 aliphatic heterocycles. The molecule has 0 saturated heterocycles. The van der Waals surface area contributed by atoms with Crippen molar-refractivity contribution < 1.29 is 14.6 Å². The van der Waals surface area contributed by atoms with Crippen LogP contribution < -0.4 is 4.74 Å². The van der Waals surface area contributed by atoms with E-state index in [-0.39, 0.29) is 11.7 Å². The molecule has 1 aromatic rings. The van der Waals surface area contributed by atoms with Gasteiger partial charge in [-0.25, -0.2) is 4.79 Å². The number of carboxylic acids is 1. The van der Waals surface area contributed by atoms with Crippen molar-refractivity contribution in [2.45, 2.75) is 39.2 Å². The van der Waals surface area contributed by atoms with Gasteiger partial charge in [-0.2, -0.15) is 0 Å². The van der Waals surface area contributed by atoms with Crippen LogP contribution in [0.25, 0.3) is 0 Å². The van der Waals surface area contributed by atoms with E-state index in [2.05, 4.69) is 13.8 Å². The SMILES string of the molecule is CC1CCC(Oc2ccc(C(=O)O)cc2Cl)CC1C. The molecule has 1 aliphatic carbocycles. The number of hydrogen-bond donors (Lipinski definition) is 1. The number of carbonyl (C=O) groups is 1. The third-order valence-corrected chi connectivity index (χ3v) is 4.32. The lowest BCUT2D eigenvalue weighted by Gasteiger charge is -2.32. The lowest BCUT2D eigenvalue weighted by atomic mass is 9.80. The highest BCUT2D eigenvalue weighted by Gasteiger charge is 2.26. The average molecular weight is 283 g/mol. The molecule has 1 saturated carbocycles. The van der Waals surface area contributed by atoms with E-state index < -0.39 is 5.97 Å². The number of carboxylic acid groups (broad SMARTS) is 1. The van der Waals surface area contributed by atoms with Gasteiger partial charge in [0.2, 0.25) is 0 Å². The first-order valence-corrected chi connectivity index (χ1v) is 7.04. The Kier molecular flexibility index (Phi) is 4.35. The van der Waals surface area contributed by atoms with Crippen LogP contribution in [0.4, 0.5) is 0 Å². The maximum atomic E-state index is 10.8. The Balaban J connectivity index is 2.05. The fourth-order valence-electron chi connectivity index (χ4n) is 2.51. The minimum atomic E-state index is -0.978. The molecule has 1 aromatic carbocycles. The fraction of sp³-hybridized carbons (Fsp3) is 0.533. The zero-order chi connectivity index (χ0) is 14.0. The molecule has 2 rings (SSSR count). The Morgan fingerprint density at radius 3 is 2.63 bits per heavy atom. The van der Waals surface area contributed by atoms with Gasteiger partial charge in [0.25, 0.3) is 0 Å². The highest BCUT2D eigenvalue weighted by molar-refractivity contribution is 6.32. The third-order valence-electron chi connectivity index (χ3n) is 4.02. The van der Waals surface area contributed by atoms with Gasteiger partial charge in [-0.1, -0.05) is 25.4 Å². The molecule has 0 bridgehead atoms. The topological polar surface area (TPSA) is 46.5 Å². The fourth-order valence-corrected chi connectivity index (χ4v) is 2.74. The summed E-state index contributed by atoms with van der Waals surface area (Å²) >= 11 is 6.07. The van der Waals surface area contributed by atoms with Crippen molar-refractivity contribution in [2.24, 2.45) is 11.8 Å². The van der Waals surface area contributed by atoms with Crippen LogP contribution in [0.1, 0.15) is 43.5 Å². The van der Waals surface area contributed by atoms with Crippen LogP contribution >= 0.6 is 11.6 Å². The number of ether oxygens (including phenoxy) is 1. The smallest absolute Gasteiger partial charge is 0.335 e. The Bertz CT molecular complexity index is 472. The summed E-state index contributed by atoms with van der Waals surface area (Å²) in [7, 11) is 0. The van der Waals surface area contributed by atoms with Gasteiger partial charge in [0.05, 0.1) is 16.7 Å². The summed E-state index contributed by atoms with van der Waals surface area (Å²) in [5, 5.41) is 9.25. The van der Waals surface area contributed by atoms with Crippen molar-refractivity contribution in [3.05, 3.63) is 28.8 Å². The molecule has 0 amide bonds. The van der Waals surface area contributed by atoms with E-state index in [1.54, 1.807) is 6.07 Å². The van der Waals surface area contributed by atoms with E-state index >= 15 is 0 Å². The summed E-state index contributed by atoms with van der Waals surface area (Å²) in [6.45, 7) is 4.52. The molecule has 0 aromatic heterocycles. The molecule has 104 valence electrons. The lowest BCUT2D eigenvalue weighted by molar-refractivity contribution is 0.0696. The predicted octanol–water partition coefficient (Wildman–Crippen LogP) is 4.24. The maximum absolute atomic E-state index is 10.8. The van der Waals surface area contributed by atoms with Crippen LogP contribution in [-0.2, 0) is 0 Å². The predicted molar refractivity (Wildman–Crippen MR) is 75.0 cm³/mol. The Labute approximate surface area is 118 Å². The van der Waals surface area contributed by atoms with E-state index in [0.717, 1.165) is 25.2 Å². The summed E-state index contributed by atoms with van der Waals surface area (Å²) < 4.78 is 5.91. The van der Waals surface area contributed by atoms with Gasteiger partial charge in [0.1, 0.15) is 5.75 Å². The second-order valence-electron chi connectivity index (χ2n) is 5.46. The highest BCUT2D eigenvalue weighted by Crippen LogP contribution is 2.34. The van der Waals surface area contributed by atoms with E-state index in [1.165, 1.54) is 12.1 Å². The molecule has 3 unspecified atom stereocenters. The van der Waals surface area contributed by atoms with Crippen molar-refractivity contribution >= 4 is 17.6 Å². The number of rotatable bonds is 3. The molecule has 1 fully saturated rings. The zero-order valence-corrected chi connectivity index (χ0v) is 12.0. The van der Waals surface area contributed by atoms with Gasteiger partial charge in [-0.05, 0) is 49.3 Å². The van der Waals surface area contributed by atoms with Gasteiger partial charge in [0.15, 0.2) is 0 Å². The normalized spacial score (nSPS) is 27.0. The minimum Gasteiger partial charge on any atom is -0.489 e. The number of aromatic carboxylic acids is 1. The molecule has 3 nitrogen and oxygen atoms in total. The van der Waals surface area contributed by atoms with E-state index in [4.69, 9.17) is 21.4 Å². The van der Waals surface area contributed by atoms with E-state index in [0.29, 0.717) is 16.7 Å². The van der Waals surface area contributed by atoms with Crippen molar-refractivity contribution in [3.8, 4) is 5.75 Å². The Morgan fingerprint density at radius 2 is 2.05 bits per heavy atom. The molecule has 0 heterocycles. The first kappa shape index (κ1) is 14.2. The Morgan fingerprint density at radius 1 is 1.32 bits per heavy atom. The third kappa shape index (κ3) is 3.41. The lowest BCUT2D eigenvalue weighted by Crippen LogP contribution is -2.28. The number of benzene rings is 1. The molecule has 0 spiro atoms. The standard InChI is InChI=1S/C15H19ClO3/c1-9-3-5-12(7-10(9)2)19-14-6-4-11(15(17)18)8-13(14)16/h4,6,8-10,12H,3,5,7H2,1-2H3,(H,17,18). The maximum Gasteiger partial charge on any atom is 0.335 e. The van der Waals surface area contributed by atoms with Gasteiger partial charge < -0.3 is 9.84 Å². The molecular formula is C15H19ClO3. The average Bonchev–Trinajstić information content (AvgIpc) is 2.36. The van der Waals surface area contributed by atoms with Crippen LogP contribution in [0.5, 0.6) is 5.75 Å². The van der Waals surface area contributed by atoms with Crippen LogP contribution in [0, 0.1) is 11.8 Å². The molecule has 1 N–H and O–H groups in total. The van der Waals surface area contributed by atoms with Crippen molar-refractivity contribution in [3.63, 3.8) is 0 Å². The second-order valence-corrected chi connectivity index (χ2v) is 5.87. The number of halogens is 1. The van der Waals surface area contributed by atoms with Gasteiger partial charge in [-0.3, -0.25) is 0 Å². The molecule has 1 aliphatic rings. The summed E-state index contributed by atoms with van der Waals surface area (Å²) in [5.41, 5.74) is 0.183. The van der Waals surface area contributed by atoms with Crippen molar-refractivity contribution in [1.29, 1.82) is 0 Å². The monoisotopic (exact) mass is 282 g/mol. The largest absolute Gasteiger partial charge is 0.489 e. The van der Waals surface area contributed by atoms with Crippen LogP contribution in [-0.4, -0.2) is 17.2 Å². The Hall–Kier alpha value is -1.22. The van der Waals surface area contributed by atoms with Crippen LogP contribution in [0.3, 0.4) is 0 Å². The van der Waals surface area contributed by atoms with Gasteiger partial charge >= 0.3 is 5.97 Å². The summed E-state index contributed by atoms with van der Waals surface area (Å²) in [6.07, 6.45) is 3.40. The van der Waals surface area contributed by atoms with E-state index in [9.17, 15) is 4.79 Å². The van der Waals surface area contributed by atoms with Crippen molar-refractivity contribution in [2.75, 3.05) is 0 Å². The van der Waals surface area contributed by atoms with Gasteiger partial charge in [-0.15, -0.1) is 0 Å².